The average molecular weight is 397 g/mol. The first-order chi connectivity index (χ1) is 14.6. The van der Waals surface area contributed by atoms with E-state index in [-0.39, 0.29) is 0 Å². The van der Waals surface area contributed by atoms with Gasteiger partial charge in [0.05, 0.1) is 11.0 Å². The topological polar surface area (TPSA) is 64.7 Å². The molecule has 0 atom stereocenters. The summed E-state index contributed by atoms with van der Waals surface area (Å²) < 4.78 is 3.86. The van der Waals surface area contributed by atoms with Crippen LogP contribution in [0.2, 0.25) is 0 Å². The van der Waals surface area contributed by atoms with Gasteiger partial charge in [-0.25, -0.2) is 9.36 Å². The number of hydrogen-bond donors (Lipinski definition) is 0. The number of rotatable bonds is 5. The molecular formula is C23H23N7. The third-order valence-electron chi connectivity index (χ3n) is 5.35. The molecule has 150 valence electrons. The Morgan fingerprint density at radius 1 is 0.633 bits per heavy atom. The van der Waals surface area contributed by atoms with E-state index >= 15 is 0 Å². The molecule has 5 rings (SSSR count). The molecule has 2 aromatic heterocycles. The Kier molecular flexibility index (Phi) is 4.43. The summed E-state index contributed by atoms with van der Waals surface area (Å²) in [6, 6.07) is 20.9. The van der Waals surface area contributed by atoms with Crippen LogP contribution < -0.4 is 4.90 Å². The van der Waals surface area contributed by atoms with Crippen LogP contribution in [0.4, 0.5) is 5.69 Å². The van der Waals surface area contributed by atoms with E-state index in [0.29, 0.717) is 13.3 Å². The minimum Gasteiger partial charge on any atom is -0.332 e. The van der Waals surface area contributed by atoms with Crippen molar-refractivity contribution in [2.24, 2.45) is 0 Å². The number of anilines is 1. The number of hydrogen-bond acceptors (Lipinski definition) is 5. The summed E-state index contributed by atoms with van der Waals surface area (Å²) in [4.78, 5) is 2.22. The monoisotopic (exact) mass is 397 g/mol. The molecule has 0 bridgehead atoms. The molecule has 0 saturated carbocycles. The Labute approximate surface area is 174 Å². The van der Waals surface area contributed by atoms with Crippen molar-refractivity contribution in [2.45, 2.75) is 34.1 Å². The van der Waals surface area contributed by atoms with Crippen molar-refractivity contribution in [3.63, 3.8) is 0 Å². The number of fused-ring (bicyclic) bond motifs is 2. The van der Waals surface area contributed by atoms with E-state index in [4.69, 9.17) is 0 Å². The fourth-order valence-electron chi connectivity index (χ4n) is 3.66. The zero-order chi connectivity index (χ0) is 20.7. The van der Waals surface area contributed by atoms with Crippen molar-refractivity contribution in [3.05, 3.63) is 77.4 Å². The molecule has 30 heavy (non-hydrogen) atoms. The highest BCUT2D eigenvalue weighted by molar-refractivity contribution is 5.76. The Morgan fingerprint density at radius 2 is 1.10 bits per heavy atom. The van der Waals surface area contributed by atoms with Gasteiger partial charge >= 0.3 is 0 Å². The van der Waals surface area contributed by atoms with Crippen LogP contribution in [-0.2, 0) is 13.3 Å². The van der Waals surface area contributed by atoms with Gasteiger partial charge in [0.25, 0.3) is 0 Å². The number of benzene rings is 3. The van der Waals surface area contributed by atoms with Crippen LogP contribution in [0.15, 0.2) is 60.7 Å². The quantitative estimate of drug-likeness (QED) is 0.444. The molecule has 7 heteroatoms. The fraction of sp³-hybridized carbons (Fsp3) is 0.217. The van der Waals surface area contributed by atoms with Crippen molar-refractivity contribution in [2.75, 3.05) is 4.90 Å². The standard InChI is InChI=1S/C23H23N7/c1-16-4-8-19(9-5-16)28(14-29-22-10-6-17(2)12-20(22)24-26-29)15-30-23-11-7-18(3)13-21(23)25-27-30/h4-13H,14-15H2,1-3H3. The zero-order valence-corrected chi connectivity index (χ0v) is 17.3. The molecule has 7 nitrogen and oxygen atoms in total. The van der Waals surface area contributed by atoms with Crippen LogP contribution in [0.25, 0.3) is 22.1 Å². The molecule has 0 saturated heterocycles. The maximum Gasteiger partial charge on any atom is 0.116 e. The SMILES string of the molecule is Cc1ccc(N(Cn2nnc3cc(C)ccc32)Cn2nnc3cc(C)ccc32)cc1. The predicted molar refractivity (Wildman–Crippen MR) is 118 cm³/mol. The lowest BCUT2D eigenvalue weighted by Gasteiger charge is -2.25. The van der Waals surface area contributed by atoms with Crippen LogP contribution >= 0.6 is 0 Å². The molecular weight excluding hydrogens is 374 g/mol. The number of aromatic nitrogens is 6. The third-order valence-corrected chi connectivity index (χ3v) is 5.35. The third kappa shape index (κ3) is 3.39. The average Bonchev–Trinajstić information content (AvgIpc) is 3.31. The Morgan fingerprint density at radius 3 is 1.60 bits per heavy atom. The van der Waals surface area contributed by atoms with E-state index in [1.807, 2.05) is 9.36 Å². The lowest BCUT2D eigenvalue weighted by molar-refractivity contribution is 0.498. The highest BCUT2D eigenvalue weighted by Crippen LogP contribution is 2.21. The highest BCUT2D eigenvalue weighted by Gasteiger charge is 2.14. The maximum atomic E-state index is 4.40. The molecule has 0 radical (unpaired) electrons. The van der Waals surface area contributed by atoms with E-state index in [9.17, 15) is 0 Å². The van der Waals surface area contributed by atoms with Gasteiger partial charge in [0, 0.05) is 5.69 Å². The molecule has 0 aliphatic heterocycles. The second-order valence-corrected chi connectivity index (χ2v) is 7.82. The highest BCUT2D eigenvalue weighted by atomic mass is 15.5. The van der Waals surface area contributed by atoms with Gasteiger partial charge in [-0.1, -0.05) is 40.3 Å². The summed E-state index contributed by atoms with van der Waals surface area (Å²) in [5, 5.41) is 17.5. The molecule has 0 N–H and O–H groups in total. The Balaban J connectivity index is 1.53. The van der Waals surface area contributed by atoms with Crippen molar-refractivity contribution < 1.29 is 0 Å². The van der Waals surface area contributed by atoms with Gasteiger partial charge in [0.15, 0.2) is 0 Å². The fourth-order valence-corrected chi connectivity index (χ4v) is 3.66. The van der Waals surface area contributed by atoms with E-state index in [1.54, 1.807) is 0 Å². The maximum absolute atomic E-state index is 4.40. The summed E-state index contributed by atoms with van der Waals surface area (Å²) in [6.45, 7) is 7.32. The Bertz CT molecular complexity index is 1250. The molecule has 0 aliphatic rings. The molecule has 0 unspecified atom stereocenters. The van der Waals surface area contributed by atoms with Crippen LogP contribution in [0.1, 0.15) is 16.7 Å². The minimum atomic E-state index is 0.551. The van der Waals surface area contributed by atoms with Gasteiger partial charge in [0.2, 0.25) is 0 Å². The lowest BCUT2D eigenvalue weighted by atomic mass is 10.2. The van der Waals surface area contributed by atoms with Gasteiger partial charge in [-0.2, -0.15) is 0 Å². The van der Waals surface area contributed by atoms with Gasteiger partial charge in [-0.15, -0.1) is 10.2 Å². The second-order valence-electron chi connectivity index (χ2n) is 7.82. The molecule has 0 spiro atoms. The summed E-state index contributed by atoms with van der Waals surface area (Å²) in [6.07, 6.45) is 0. The van der Waals surface area contributed by atoms with E-state index in [0.717, 1.165) is 27.8 Å². The predicted octanol–water partition coefficient (Wildman–Crippen LogP) is 4.22. The minimum absolute atomic E-state index is 0.551. The first-order valence-electron chi connectivity index (χ1n) is 9.98. The van der Waals surface area contributed by atoms with Crippen LogP contribution in [0.3, 0.4) is 0 Å². The van der Waals surface area contributed by atoms with Gasteiger partial charge in [0.1, 0.15) is 24.4 Å². The molecule has 3 aromatic carbocycles. The van der Waals surface area contributed by atoms with Crippen molar-refractivity contribution in [1.82, 2.24) is 30.0 Å². The normalized spacial score (nSPS) is 11.4. The molecule has 0 fully saturated rings. The summed E-state index contributed by atoms with van der Waals surface area (Å²) in [5.74, 6) is 0. The number of nitrogens with zero attached hydrogens (tertiary/aromatic N) is 7. The van der Waals surface area contributed by atoms with E-state index in [1.165, 1.54) is 16.7 Å². The summed E-state index contributed by atoms with van der Waals surface area (Å²) in [7, 11) is 0. The molecule has 2 heterocycles. The van der Waals surface area contributed by atoms with Crippen LogP contribution in [0, 0.1) is 20.8 Å². The van der Waals surface area contributed by atoms with Crippen molar-refractivity contribution in [3.8, 4) is 0 Å². The number of aryl methyl sites for hydroxylation is 3. The van der Waals surface area contributed by atoms with E-state index < -0.39 is 0 Å². The van der Waals surface area contributed by atoms with E-state index in [2.05, 4.69) is 107 Å². The summed E-state index contributed by atoms with van der Waals surface area (Å²) >= 11 is 0. The molecule has 0 amide bonds. The summed E-state index contributed by atoms with van der Waals surface area (Å²) in [5.41, 5.74) is 8.49. The first kappa shape index (κ1) is 18.3. The smallest absolute Gasteiger partial charge is 0.116 e. The van der Waals surface area contributed by atoms with Crippen LogP contribution in [0.5, 0.6) is 0 Å². The van der Waals surface area contributed by atoms with Gasteiger partial charge < -0.3 is 4.90 Å². The van der Waals surface area contributed by atoms with Crippen LogP contribution in [-0.4, -0.2) is 30.0 Å². The lowest BCUT2D eigenvalue weighted by Crippen LogP contribution is -2.29. The zero-order valence-electron chi connectivity index (χ0n) is 17.3. The molecule has 5 aromatic rings. The Hall–Kier alpha value is -3.74. The van der Waals surface area contributed by atoms with Crippen molar-refractivity contribution in [1.29, 1.82) is 0 Å². The van der Waals surface area contributed by atoms with Crippen molar-refractivity contribution >= 4 is 27.8 Å². The van der Waals surface area contributed by atoms with Gasteiger partial charge in [-0.05, 0) is 68.3 Å². The molecule has 0 aliphatic carbocycles. The second kappa shape index (κ2) is 7.26. The first-order valence-corrected chi connectivity index (χ1v) is 9.98. The van der Waals surface area contributed by atoms with Gasteiger partial charge in [-0.3, -0.25) is 0 Å². The largest absolute Gasteiger partial charge is 0.332 e.